The Balaban J connectivity index is 2.83. The number of hydrogen-bond acceptors (Lipinski definition) is 1. The van der Waals surface area contributed by atoms with E-state index in [4.69, 9.17) is 0 Å². The molecular weight excluding hydrogens is 281 g/mol. The Labute approximate surface area is 103 Å². The minimum atomic E-state index is -4.89. The van der Waals surface area contributed by atoms with Gasteiger partial charge < -0.3 is 5.11 Å². The maximum Gasteiger partial charge on any atom is 0.419 e. The van der Waals surface area contributed by atoms with Crippen LogP contribution in [0.2, 0.25) is 0 Å². The van der Waals surface area contributed by atoms with Gasteiger partial charge in [0, 0.05) is 6.42 Å². The Bertz CT molecular complexity index is 436. The summed E-state index contributed by atoms with van der Waals surface area (Å²) in [6.07, 6.45) is -13.1. The lowest BCUT2D eigenvalue weighted by Crippen LogP contribution is -2.12. The lowest BCUT2D eigenvalue weighted by molar-refractivity contribution is -0.140. The third-order valence-electron chi connectivity index (χ3n) is 2.38. The fraction of sp³-hybridized carbons (Fsp3) is 0.455. The number of aliphatic hydroxyl groups is 1. The highest BCUT2D eigenvalue weighted by Gasteiger charge is 2.34. The molecule has 1 aromatic carbocycles. The van der Waals surface area contributed by atoms with Gasteiger partial charge in [0.05, 0.1) is 11.7 Å². The summed E-state index contributed by atoms with van der Waals surface area (Å²) >= 11 is 0. The normalized spacial score (nSPS) is 14.5. The average molecular weight is 290 g/mol. The zero-order valence-corrected chi connectivity index (χ0v) is 9.32. The van der Waals surface area contributed by atoms with E-state index in [0.717, 1.165) is 6.07 Å². The minimum Gasteiger partial charge on any atom is -0.388 e. The molecule has 0 bridgehead atoms. The average Bonchev–Trinajstić information content (AvgIpc) is 2.22. The highest BCUT2D eigenvalue weighted by atomic mass is 19.4. The van der Waals surface area contributed by atoms with Crippen LogP contribution in [0.15, 0.2) is 18.2 Å². The zero-order chi connectivity index (χ0) is 14.8. The third kappa shape index (κ3) is 4.70. The Morgan fingerprint density at radius 2 is 1.63 bits per heavy atom. The first-order chi connectivity index (χ1) is 8.50. The van der Waals surface area contributed by atoms with E-state index < -0.39 is 42.7 Å². The molecule has 1 N–H and O–H groups in total. The molecule has 1 aromatic rings. The van der Waals surface area contributed by atoms with E-state index in [0.29, 0.717) is 12.1 Å². The van der Waals surface area contributed by atoms with Gasteiger partial charge >= 0.3 is 12.4 Å². The number of halogens is 7. The van der Waals surface area contributed by atoms with Gasteiger partial charge in [-0.15, -0.1) is 0 Å². The molecule has 0 heterocycles. The Kier molecular flexibility index (Phi) is 4.44. The highest BCUT2D eigenvalue weighted by molar-refractivity contribution is 5.27. The van der Waals surface area contributed by atoms with E-state index >= 15 is 0 Å². The third-order valence-corrected chi connectivity index (χ3v) is 2.38. The van der Waals surface area contributed by atoms with Crippen LogP contribution >= 0.6 is 0 Å². The SMILES string of the molecule is OC(CCC(F)(F)F)c1ccc(C(F)(F)F)c(F)c1. The lowest BCUT2D eigenvalue weighted by atomic mass is 10.0. The van der Waals surface area contributed by atoms with E-state index in [1.807, 2.05) is 0 Å². The topological polar surface area (TPSA) is 20.2 Å². The van der Waals surface area contributed by atoms with Crippen LogP contribution in [0, 0.1) is 5.82 Å². The van der Waals surface area contributed by atoms with Crippen molar-refractivity contribution in [3.05, 3.63) is 35.1 Å². The van der Waals surface area contributed by atoms with Crippen LogP contribution < -0.4 is 0 Å². The molecule has 1 rings (SSSR count). The molecule has 0 radical (unpaired) electrons. The lowest BCUT2D eigenvalue weighted by Gasteiger charge is -2.14. The molecule has 1 atom stereocenters. The van der Waals surface area contributed by atoms with Gasteiger partial charge in [-0.3, -0.25) is 0 Å². The van der Waals surface area contributed by atoms with Crippen LogP contribution in [-0.2, 0) is 6.18 Å². The van der Waals surface area contributed by atoms with Gasteiger partial charge in [0.15, 0.2) is 0 Å². The van der Waals surface area contributed by atoms with Crippen LogP contribution in [0.4, 0.5) is 30.7 Å². The predicted octanol–water partition coefficient (Wildman–Crippen LogP) is 4.22. The molecule has 0 saturated heterocycles. The summed E-state index contributed by atoms with van der Waals surface area (Å²) in [5.74, 6) is -1.63. The Morgan fingerprint density at radius 3 is 2.05 bits per heavy atom. The van der Waals surface area contributed by atoms with Gasteiger partial charge in [0.1, 0.15) is 5.82 Å². The second-order valence-corrected chi connectivity index (χ2v) is 3.91. The fourth-order valence-corrected chi connectivity index (χ4v) is 1.44. The maximum atomic E-state index is 13.1. The number of aliphatic hydroxyl groups excluding tert-OH is 1. The molecular formula is C11H9F7O. The summed E-state index contributed by atoms with van der Waals surface area (Å²) in [5, 5.41) is 9.35. The van der Waals surface area contributed by atoms with Crippen molar-refractivity contribution in [3.8, 4) is 0 Å². The summed E-state index contributed by atoms with van der Waals surface area (Å²) in [5.41, 5.74) is -1.85. The van der Waals surface area contributed by atoms with E-state index in [1.165, 1.54) is 0 Å². The molecule has 108 valence electrons. The first-order valence-electron chi connectivity index (χ1n) is 5.12. The van der Waals surface area contributed by atoms with Gasteiger partial charge in [-0.1, -0.05) is 6.07 Å². The molecule has 0 spiro atoms. The molecule has 0 amide bonds. The van der Waals surface area contributed by atoms with E-state index in [9.17, 15) is 35.8 Å². The van der Waals surface area contributed by atoms with Crippen molar-refractivity contribution in [1.82, 2.24) is 0 Å². The molecule has 0 saturated carbocycles. The Hall–Kier alpha value is -1.31. The quantitative estimate of drug-likeness (QED) is 0.826. The monoisotopic (exact) mass is 290 g/mol. The van der Waals surface area contributed by atoms with Crippen molar-refractivity contribution >= 4 is 0 Å². The summed E-state index contributed by atoms with van der Waals surface area (Å²) in [6, 6.07) is 1.54. The van der Waals surface area contributed by atoms with E-state index in [1.54, 1.807) is 0 Å². The van der Waals surface area contributed by atoms with Crippen LogP contribution in [0.5, 0.6) is 0 Å². The predicted molar refractivity (Wildman–Crippen MR) is 51.7 cm³/mol. The number of rotatable bonds is 3. The van der Waals surface area contributed by atoms with Crippen molar-refractivity contribution < 1.29 is 35.8 Å². The Morgan fingerprint density at radius 1 is 1.05 bits per heavy atom. The van der Waals surface area contributed by atoms with E-state index in [2.05, 4.69) is 0 Å². The molecule has 1 unspecified atom stereocenters. The molecule has 0 fully saturated rings. The van der Waals surface area contributed by atoms with E-state index in [-0.39, 0.29) is 5.56 Å². The fourth-order valence-electron chi connectivity index (χ4n) is 1.44. The van der Waals surface area contributed by atoms with Gasteiger partial charge in [-0.2, -0.15) is 26.3 Å². The largest absolute Gasteiger partial charge is 0.419 e. The van der Waals surface area contributed by atoms with Gasteiger partial charge in [0.2, 0.25) is 0 Å². The van der Waals surface area contributed by atoms with Crippen LogP contribution in [0.3, 0.4) is 0 Å². The van der Waals surface area contributed by atoms with Crippen molar-refractivity contribution in [1.29, 1.82) is 0 Å². The second-order valence-electron chi connectivity index (χ2n) is 3.91. The standard InChI is InChI=1S/C11H9F7O/c12-8-5-6(1-2-7(8)11(16,17)18)9(19)3-4-10(13,14)15/h1-2,5,9,19H,3-4H2. The minimum absolute atomic E-state index is 0.324. The molecule has 1 nitrogen and oxygen atoms in total. The first-order valence-corrected chi connectivity index (χ1v) is 5.12. The van der Waals surface area contributed by atoms with Crippen LogP contribution in [0.1, 0.15) is 30.1 Å². The number of alkyl halides is 6. The summed E-state index contributed by atoms with van der Waals surface area (Å²) in [7, 11) is 0. The molecule has 0 aliphatic rings. The zero-order valence-electron chi connectivity index (χ0n) is 9.32. The number of benzene rings is 1. The van der Waals surface area contributed by atoms with Crippen LogP contribution in [-0.4, -0.2) is 11.3 Å². The summed E-state index contributed by atoms with van der Waals surface area (Å²) in [4.78, 5) is 0. The smallest absolute Gasteiger partial charge is 0.388 e. The van der Waals surface area contributed by atoms with Gasteiger partial charge in [-0.05, 0) is 24.1 Å². The summed E-state index contributed by atoms with van der Waals surface area (Å²) < 4.78 is 85.5. The maximum absolute atomic E-state index is 13.1. The molecule has 0 aliphatic heterocycles. The molecule has 19 heavy (non-hydrogen) atoms. The van der Waals surface area contributed by atoms with Gasteiger partial charge in [-0.25, -0.2) is 4.39 Å². The molecule has 8 heteroatoms. The van der Waals surface area contributed by atoms with Crippen molar-refractivity contribution in [2.24, 2.45) is 0 Å². The van der Waals surface area contributed by atoms with Crippen molar-refractivity contribution in [3.63, 3.8) is 0 Å². The second kappa shape index (κ2) is 5.36. The van der Waals surface area contributed by atoms with Crippen LogP contribution in [0.25, 0.3) is 0 Å². The molecule has 0 aromatic heterocycles. The van der Waals surface area contributed by atoms with Gasteiger partial charge in [0.25, 0.3) is 0 Å². The number of hydrogen-bond donors (Lipinski definition) is 1. The highest BCUT2D eigenvalue weighted by Crippen LogP contribution is 2.33. The van der Waals surface area contributed by atoms with Crippen molar-refractivity contribution in [2.75, 3.05) is 0 Å². The molecule has 0 aliphatic carbocycles. The summed E-state index contributed by atoms with van der Waals surface area (Å²) in [6.45, 7) is 0. The first kappa shape index (κ1) is 15.7. The van der Waals surface area contributed by atoms with Crippen molar-refractivity contribution in [2.45, 2.75) is 31.3 Å².